The minimum absolute atomic E-state index is 0.142. The van der Waals surface area contributed by atoms with E-state index in [4.69, 9.17) is 14.2 Å². The number of aromatic nitrogens is 8. The molecule has 12 rings (SSSR count). The number of carboxylic acids is 1. The summed E-state index contributed by atoms with van der Waals surface area (Å²) in [6.07, 6.45) is 0. The zero-order valence-corrected chi connectivity index (χ0v) is 42.8. The molecule has 386 valence electrons. The lowest BCUT2D eigenvalue weighted by molar-refractivity contribution is -0.141. The third-order valence-corrected chi connectivity index (χ3v) is 14.1. The third kappa shape index (κ3) is 9.67. The molecule has 78 heavy (non-hydrogen) atoms. The number of esters is 2. The smallest absolute Gasteiger partial charge is 0.338 e. The van der Waals surface area contributed by atoms with Crippen molar-refractivity contribution in [2.45, 2.75) is 39.1 Å². The van der Waals surface area contributed by atoms with Gasteiger partial charge in [-0.05, 0) is 125 Å². The Kier molecular flexibility index (Phi) is 13.8. The molecule has 2 unspecified atom stereocenters. The molecule has 2 aromatic heterocycles. The van der Waals surface area contributed by atoms with Crippen LogP contribution in [0.3, 0.4) is 0 Å². The first-order valence-corrected chi connectivity index (χ1v) is 25.0. The van der Waals surface area contributed by atoms with Crippen molar-refractivity contribution in [1.29, 1.82) is 0 Å². The monoisotopic (exact) mass is 1030 g/mol. The van der Waals surface area contributed by atoms with Crippen LogP contribution in [-0.2, 0) is 32.2 Å². The molecule has 2 aliphatic rings. The molecule has 0 fully saturated rings. The fourth-order valence-corrected chi connectivity index (χ4v) is 10.1. The van der Waals surface area contributed by atoms with E-state index in [1.165, 1.54) is 7.11 Å². The van der Waals surface area contributed by atoms with E-state index in [2.05, 4.69) is 36.4 Å². The molecule has 17 heteroatoms. The molecular formula is C61H50N10O7. The second kappa shape index (κ2) is 21.5. The van der Waals surface area contributed by atoms with Gasteiger partial charge >= 0.3 is 17.9 Å². The number of carboxylic acid groups (broad SMARTS) is 1. The van der Waals surface area contributed by atoms with Gasteiger partial charge in [-0.25, -0.2) is 14.4 Å². The highest BCUT2D eigenvalue weighted by Crippen LogP contribution is 2.42. The second-order valence-electron chi connectivity index (χ2n) is 18.6. The number of nitrogens with zero attached hydrogens (tertiary/aromatic N) is 9. The van der Waals surface area contributed by atoms with Gasteiger partial charge in [-0.2, -0.15) is 9.36 Å². The quantitative estimate of drug-likeness (QED) is 0.109. The number of aliphatic carboxylic acids is 1. The van der Waals surface area contributed by atoms with Crippen LogP contribution in [0.15, 0.2) is 205 Å². The highest BCUT2D eigenvalue weighted by Gasteiger charge is 2.39. The summed E-state index contributed by atoms with van der Waals surface area (Å²) in [5.74, 6) is -0.0537. The zero-order chi connectivity index (χ0) is 53.9. The van der Waals surface area contributed by atoms with Gasteiger partial charge in [0.15, 0.2) is 0 Å². The van der Waals surface area contributed by atoms with Crippen LogP contribution >= 0.6 is 0 Å². The number of nitrogens with one attached hydrogen (secondary N) is 1. The van der Waals surface area contributed by atoms with Crippen molar-refractivity contribution in [1.82, 2.24) is 40.4 Å². The van der Waals surface area contributed by atoms with E-state index >= 15 is 0 Å². The molecule has 2 atom stereocenters. The summed E-state index contributed by atoms with van der Waals surface area (Å²) < 4.78 is 19.1. The van der Waals surface area contributed by atoms with E-state index in [1.807, 2.05) is 182 Å². The predicted octanol–water partition coefficient (Wildman–Crippen LogP) is 10.8. The first kappa shape index (κ1) is 49.9. The van der Waals surface area contributed by atoms with Gasteiger partial charge in [-0.1, -0.05) is 168 Å². The van der Waals surface area contributed by atoms with E-state index in [0.29, 0.717) is 41.0 Å². The molecular weight excluding hydrogens is 985 g/mol. The zero-order valence-electron chi connectivity index (χ0n) is 42.8. The minimum atomic E-state index is -1.02. The fourth-order valence-electron chi connectivity index (χ4n) is 10.1. The lowest BCUT2D eigenvalue weighted by Crippen LogP contribution is -2.36. The molecule has 10 aromatic rings. The number of fused-ring (bicyclic) bond motifs is 4. The van der Waals surface area contributed by atoms with E-state index < -0.39 is 24.0 Å². The van der Waals surface area contributed by atoms with Crippen LogP contribution in [0.2, 0.25) is 0 Å². The standard InChI is InChI=1S/C31H25N5O4.C30H25N5O3/c1-19-27(29(37)38)28(26-9-5-7-23-6-3-4-8-25(23)26)36-31(32-33-34-36)35(19)18-20-10-12-21(13-11-20)22-14-16-24(17-15-22)30(39)40-2;1-19-27(29(36)38-18-20-10-12-21(13-11-20)22-14-16-24(37-2)17-15-22)28(35-30(31-19)32-33-34-35)26-9-5-7-23-6-3-4-8-25(23)26/h3-17,28H,18H2,1-2H3,(H,37,38);3-17,28H,18H2,1-2H3,(H,31,32,34). The molecule has 4 heterocycles. The average molecular weight is 1040 g/mol. The van der Waals surface area contributed by atoms with Crippen LogP contribution in [-0.4, -0.2) is 77.6 Å². The van der Waals surface area contributed by atoms with Crippen LogP contribution in [0.25, 0.3) is 43.8 Å². The summed E-state index contributed by atoms with van der Waals surface area (Å²) in [6, 6.07) is 57.7. The van der Waals surface area contributed by atoms with Crippen molar-refractivity contribution in [2.24, 2.45) is 0 Å². The van der Waals surface area contributed by atoms with Crippen molar-refractivity contribution >= 4 is 51.3 Å². The molecule has 2 N–H and O–H groups in total. The summed E-state index contributed by atoms with van der Waals surface area (Å²) in [5.41, 5.74) is 10.1. The third-order valence-electron chi connectivity index (χ3n) is 14.1. The summed E-state index contributed by atoms with van der Waals surface area (Å²) in [6.45, 7) is 4.17. The normalized spacial score (nSPS) is 14.7. The number of hydrogen-bond acceptors (Lipinski definition) is 14. The Morgan fingerprint density at radius 1 is 0.564 bits per heavy atom. The number of anilines is 2. The van der Waals surface area contributed by atoms with Crippen molar-refractivity contribution < 1.29 is 33.7 Å². The van der Waals surface area contributed by atoms with Gasteiger partial charge in [0.05, 0.1) is 37.5 Å². The fraction of sp³-hybridized carbons (Fsp3) is 0.131. The van der Waals surface area contributed by atoms with Crippen LogP contribution in [0.4, 0.5) is 11.9 Å². The van der Waals surface area contributed by atoms with Crippen LogP contribution in [0.1, 0.15) is 58.5 Å². The molecule has 0 bridgehead atoms. The number of benzene rings is 8. The summed E-state index contributed by atoms with van der Waals surface area (Å²) in [4.78, 5) is 39.8. The highest BCUT2D eigenvalue weighted by atomic mass is 16.5. The van der Waals surface area contributed by atoms with E-state index in [9.17, 15) is 19.5 Å². The van der Waals surface area contributed by atoms with Gasteiger partial charge in [0.2, 0.25) is 5.95 Å². The summed E-state index contributed by atoms with van der Waals surface area (Å²) >= 11 is 0. The lowest BCUT2D eigenvalue weighted by atomic mass is 9.91. The number of rotatable bonds is 12. The number of tetrazole rings is 2. The predicted molar refractivity (Wildman–Crippen MR) is 294 cm³/mol. The summed E-state index contributed by atoms with van der Waals surface area (Å²) in [5, 5.41) is 42.2. The first-order chi connectivity index (χ1) is 38.1. The molecule has 2 aliphatic heterocycles. The van der Waals surface area contributed by atoms with Gasteiger partial charge in [-0.3, -0.25) is 0 Å². The van der Waals surface area contributed by atoms with Crippen molar-refractivity contribution in [2.75, 3.05) is 24.4 Å². The molecule has 0 spiro atoms. The molecule has 0 amide bonds. The average Bonchev–Trinajstić information content (AvgIpc) is 4.35. The molecule has 17 nitrogen and oxygen atoms in total. The Morgan fingerprint density at radius 2 is 1.08 bits per heavy atom. The molecule has 0 saturated carbocycles. The van der Waals surface area contributed by atoms with Crippen LogP contribution in [0, 0.1) is 0 Å². The first-order valence-electron chi connectivity index (χ1n) is 25.0. The van der Waals surface area contributed by atoms with Crippen molar-refractivity contribution in [3.63, 3.8) is 0 Å². The second-order valence-corrected chi connectivity index (χ2v) is 18.6. The molecule has 8 aromatic carbocycles. The SMILES string of the molecule is COC(=O)c1ccc(-c2ccc(CN3C(C)=C(C(=O)O)C(c4cccc5ccccc45)n4nnnc43)cc2)cc1.COc1ccc(-c2ccc(COC(=O)C3=C(C)Nc4nnnn4C3c3cccc4ccccc34)cc2)cc1. The largest absolute Gasteiger partial charge is 0.497 e. The lowest BCUT2D eigenvalue weighted by Gasteiger charge is -2.34. The molecule has 0 aliphatic carbocycles. The van der Waals surface area contributed by atoms with Crippen molar-refractivity contribution in [3.05, 3.63) is 232 Å². The van der Waals surface area contributed by atoms with Gasteiger partial charge in [0.1, 0.15) is 24.4 Å². The number of methoxy groups -OCH3 is 2. The number of ether oxygens (including phenoxy) is 3. The summed E-state index contributed by atoms with van der Waals surface area (Å²) in [7, 11) is 3.01. The minimum Gasteiger partial charge on any atom is -0.497 e. The Labute approximate surface area is 447 Å². The van der Waals surface area contributed by atoms with Gasteiger partial charge in [0, 0.05) is 11.4 Å². The maximum atomic E-state index is 13.6. The van der Waals surface area contributed by atoms with Gasteiger partial charge in [0.25, 0.3) is 5.95 Å². The Hall–Kier alpha value is -10.3. The van der Waals surface area contributed by atoms with E-state index in [1.54, 1.807) is 35.5 Å². The Balaban J connectivity index is 0.000000166. The topological polar surface area (TPSA) is 202 Å². The molecule has 0 saturated heterocycles. The van der Waals surface area contributed by atoms with Gasteiger partial charge < -0.3 is 29.5 Å². The van der Waals surface area contributed by atoms with Gasteiger partial charge in [-0.15, -0.1) is 0 Å². The van der Waals surface area contributed by atoms with E-state index in [-0.39, 0.29) is 18.1 Å². The van der Waals surface area contributed by atoms with Crippen LogP contribution < -0.4 is 15.0 Å². The number of carbonyl (C=O) groups excluding carboxylic acids is 2. The Bertz CT molecular complexity index is 3930. The van der Waals surface area contributed by atoms with Crippen molar-refractivity contribution in [3.8, 4) is 28.0 Å². The maximum Gasteiger partial charge on any atom is 0.338 e. The number of carbonyl (C=O) groups is 3. The molecule has 0 radical (unpaired) electrons. The number of allylic oxidation sites excluding steroid dienone is 2. The Morgan fingerprint density at radius 3 is 1.65 bits per heavy atom. The maximum absolute atomic E-state index is 13.6. The number of hydrogen-bond donors (Lipinski definition) is 2. The van der Waals surface area contributed by atoms with Crippen LogP contribution in [0.5, 0.6) is 5.75 Å². The highest BCUT2D eigenvalue weighted by molar-refractivity contribution is 5.96. The van der Waals surface area contributed by atoms with E-state index in [0.717, 1.165) is 71.8 Å².